The molecule has 0 spiro atoms. The quantitative estimate of drug-likeness (QED) is 0.844. The summed E-state index contributed by atoms with van der Waals surface area (Å²) >= 11 is 0. The van der Waals surface area contributed by atoms with Crippen molar-refractivity contribution in [1.82, 2.24) is 0 Å². The number of piperidine rings is 1. The van der Waals surface area contributed by atoms with Crippen LogP contribution in [0.2, 0.25) is 0 Å². The lowest BCUT2D eigenvalue weighted by atomic mass is 9.84. The minimum Gasteiger partial charge on any atom is -0.383 e. The molecule has 2 rings (SSSR count). The van der Waals surface area contributed by atoms with Gasteiger partial charge in [-0.3, -0.25) is 4.79 Å². The Bertz CT molecular complexity index is 474. The first-order valence-corrected chi connectivity index (χ1v) is 7.35. The molecule has 1 amide bonds. The minimum absolute atomic E-state index is 0.0198. The number of methoxy groups -OCH3 is 1. The molecule has 1 heterocycles. The largest absolute Gasteiger partial charge is 0.383 e. The summed E-state index contributed by atoms with van der Waals surface area (Å²) in [6, 6.07) is 8.40. The highest BCUT2D eigenvalue weighted by molar-refractivity contribution is 5.95. The van der Waals surface area contributed by atoms with E-state index >= 15 is 0 Å². The number of carbonyl (C=O) groups excluding carboxylic acids is 1. The second-order valence-electron chi connectivity index (χ2n) is 6.53. The van der Waals surface area contributed by atoms with Crippen molar-refractivity contribution in [3.8, 4) is 0 Å². The van der Waals surface area contributed by atoms with Crippen LogP contribution in [0.4, 0.5) is 5.69 Å². The fourth-order valence-electron chi connectivity index (χ4n) is 2.94. The van der Waals surface area contributed by atoms with Crippen LogP contribution in [0.3, 0.4) is 0 Å². The normalized spacial score (nSPS) is 20.3. The Morgan fingerprint density at radius 1 is 1.30 bits per heavy atom. The van der Waals surface area contributed by atoms with E-state index in [4.69, 9.17) is 4.74 Å². The van der Waals surface area contributed by atoms with Gasteiger partial charge in [0.05, 0.1) is 12.6 Å². The number of ether oxygens (including phenoxy) is 1. The maximum atomic E-state index is 12.4. The molecule has 0 aromatic heterocycles. The first-order valence-electron chi connectivity index (χ1n) is 7.35. The lowest BCUT2D eigenvalue weighted by molar-refractivity contribution is -0.120. The molecule has 0 saturated carbocycles. The summed E-state index contributed by atoms with van der Waals surface area (Å²) in [5, 5.41) is 0. The first kappa shape index (κ1) is 15.0. The van der Waals surface area contributed by atoms with E-state index < -0.39 is 0 Å². The Balaban J connectivity index is 2.44. The van der Waals surface area contributed by atoms with Crippen molar-refractivity contribution in [2.45, 2.75) is 51.5 Å². The monoisotopic (exact) mass is 275 g/mol. The molecule has 0 radical (unpaired) electrons. The van der Waals surface area contributed by atoms with Crippen molar-refractivity contribution in [3.63, 3.8) is 0 Å². The predicted octanol–water partition coefficient (Wildman–Crippen LogP) is 3.52. The molecule has 1 saturated heterocycles. The molecule has 1 aliphatic heterocycles. The summed E-state index contributed by atoms with van der Waals surface area (Å²) in [6.45, 7) is 7.16. The molecule has 0 bridgehead atoms. The highest BCUT2D eigenvalue weighted by atomic mass is 16.5. The van der Waals surface area contributed by atoms with Gasteiger partial charge in [-0.25, -0.2) is 0 Å². The van der Waals surface area contributed by atoms with Crippen molar-refractivity contribution < 1.29 is 9.53 Å². The van der Waals surface area contributed by atoms with Gasteiger partial charge in [-0.2, -0.15) is 0 Å². The maximum Gasteiger partial charge on any atom is 0.227 e. The Labute approximate surface area is 121 Å². The van der Waals surface area contributed by atoms with Crippen LogP contribution in [0.15, 0.2) is 24.3 Å². The number of carbonyl (C=O) groups is 1. The van der Waals surface area contributed by atoms with Crippen molar-refractivity contribution >= 4 is 11.6 Å². The van der Waals surface area contributed by atoms with E-state index in [1.54, 1.807) is 7.11 Å². The van der Waals surface area contributed by atoms with Crippen LogP contribution in [0, 0.1) is 0 Å². The van der Waals surface area contributed by atoms with Gasteiger partial charge >= 0.3 is 0 Å². The molecule has 1 fully saturated rings. The molecule has 3 heteroatoms. The smallest absolute Gasteiger partial charge is 0.227 e. The molecule has 3 nitrogen and oxygen atoms in total. The Morgan fingerprint density at radius 3 is 2.65 bits per heavy atom. The van der Waals surface area contributed by atoms with Gasteiger partial charge in [-0.15, -0.1) is 0 Å². The zero-order valence-electron chi connectivity index (χ0n) is 13.0. The average Bonchev–Trinajstić information content (AvgIpc) is 2.38. The van der Waals surface area contributed by atoms with Crippen LogP contribution in [-0.2, 0) is 14.9 Å². The van der Waals surface area contributed by atoms with Crippen molar-refractivity contribution in [2.24, 2.45) is 0 Å². The van der Waals surface area contributed by atoms with Crippen molar-refractivity contribution in [2.75, 3.05) is 18.6 Å². The van der Waals surface area contributed by atoms with Crippen LogP contribution in [0.25, 0.3) is 0 Å². The molecular weight excluding hydrogens is 250 g/mol. The van der Waals surface area contributed by atoms with Crippen LogP contribution >= 0.6 is 0 Å². The first-order chi connectivity index (χ1) is 9.45. The van der Waals surface area contributed by atoms with Gasteiger partial charge in [-0.05, 0) is 29.9 Å². The molecule has 0 N–H and O–H groups in total. The van der Waals surface area contributed by atoms with Gasteiger partial charge in [0.15, 0.2) is 0 Å². The number of anilines is 1. The third-order valence-corrected chi connectivity index (χ3v) is 3.89. The summed E-state index contributed by atoms with van der Waals surface area (Å²) in [7, 11) is 1.70. The van der Waals surface area contributed by atoms with E-state index in [1.807, 2.05) is 17.0 Å². The Kier molecular flexibility index (Phi) is 4.48. The Morgan fingerprint density at radius 2 is 2.00 bits per heavy atom. The lowest BCUT2D eigenvalue weighted by Crippen LogP contribution is -2.47. The second-order valence-corrected chi connectivity index (χ2v) is 6.53. The lowest BCUT2D eigenvalue weighted by Gasteiger charge is -2.38. The van der Waals surface area contributed by atoms with E-state index in [0.29, 0.717) is 13.0 Å². The predicted molar refractivity (Wildman–Crippen MR) is 82.1 cm³/mol. The fraction of sp³-hybridized carbons (Fsp3) is 0.588. The highest BCUT2D eigenvalue weighted by Gasteiger charge is 2.32. The number of benzene rings is 1. The number of para-hydroxylation sites is 1. The molecule has 20 heavy (non-hydrogen) atoms. The SMILES string of the molecule is COC[C@H]1CCCC(=O)N1c1ccccc1C(C)(C)C. The van der Waals surface area contributed by atoms with Gasteiger partial charge in [0, 0.05) is 19.2 Å². The molecule has 1 aromatic carbocycles. The number of hydrogen-bond acceptors (Lipinski definition) is 2. The summed E-state index contributed by atoms with van der Waals surface area (Å²) in [4.78, 5) is 14.4. The van der Waals surface area contributed by atoms with E-state index in [9.17, 15) is 4.79 Å². The fourth-order valence-corrected chi connectivity index (χ4v) is 2.94. The molecule has 1 atom stereocenters. The third-order valence-electron chi connectivity index (χ3n) is 3.89. The van der Waals surface area contributed by atoms with E-state index in [2.05, 4.69) is 32.9 Å². The van der Waals surface area contributed by atoms with Crippen LogP contribution in [-0.4, -0.2) is 25.7 Å². The van der Waals surface area contributed by atoms with Gasteiger partial charge in [0.25, 0.3) is 0 Å². The zero-order chi connectivity index (χ0) is 14.8. The third kappa shape index (κ3) is 3.04. The molecule has 0 aliphatic carbocycles. The zero-order valence-corrected chi connectivity index (χ0v) is 13.0. The van der Waals surface area contributed by atoms with Gasteiger partial charge in [0.2, 0.25) is 5.91 Å². The number of rotatable bonds is 3. The van der Waals surface area contributed by atoms with Gasteiger partial charge in [-0.1, -0.05) is 39.0 Å². The molecule has 1 aromatic rings. The molecule has 0 unspecified atom stereocenters. The molecular formula is C17H25NO2. The average molecular weight is 275 g/mol. The van der Waals surface area contributed by atoms with E-state index in [-0.39, 0.29) is 17.4 Å². The van der Waals surface area contributed by atoms with Gasteiger partial charge < -0.3 is 9.64 Å². The van der Waals surface area contributed by atoms with Gasteiger partial charge in [0.1, 0.15) is 0 Å². The van der Waals surface area contributed by atoms with Crippen LogP contribution in [0.5, 0.6) is 0 Å². The van der Waals surface area contributed by atoms with E-state index in [1.165, 1.54) is 5.56 Å². The molecule has 1 aliphatic rings. The standard InChI is InChI=1S/C17H25NO2/c1-17(2,3)14-9-5-6-10-15(14)18-13(12-20-4)8-7-11-16(18)19/h5-6,9-10,13H,7-8,11-12H2,1-4H3/t13-/m1/s1. The second kappa shape index (κ2) is 5.96. The van der Waals surface area contributed by atoms with E-state index in [0.717, 1.165) is 18.5 Å². The summed E-state index contributed by atoms with van der Waals surface area (Å²) < 4.78 is 5.31. The Hall–Kier alpha value is -1.35. The summed E-state index contributed by atoms with van der Waals surface area (Å²) in [6.07, 6.45) is 2.61. The highest BCUT2D eigenvalue weighted by Crippen LogP contribution is 2.35. The van der Waals surface area contributed by atoms with Crippen molar-refractivity contribution in [1.29, 1.82) is 0 Å². The maximum absolute atomic E-state index is 12.4. The van der Waals surface area contributed by atoms with Crippen LogP contribution < -0.4 is 4.90 Å². The summed E-state index contributed by atoms with van der Waals surface area (Å²) in [5.41, 5.74) is 2.29. The number of nitrogens with zero attached hydrogens (tertiary/aromatic N) is 1. The van der Waals surface area contributed by atoms with Crippen molar-refractivity contribution in [3.05, 3.63) is 29.8 Å². The van der Waals surface area contributed by atoms with Crippen LogP contribution in [0.1, 0.15) is 45.6 Å². The topological polar surface area (TPSA) is 29.5 Å². The number of hydrogen-bond donors (Lipinski definition) is 0. The number of amides is 1. The minimum atomic E-state index is 0.0198. The molecule has 110 valence electrons. The summed E-state index contributed by atoms with van der Waals surface area (Å²) in [5.74, 6) is 0.218.